The maximum atomic E-state index is 8.52. The molecule has 0 aliphatic rings. The van der Waals surface area contributed by atoms with Crippen molar-refractivity contribution < 1.29 is 24.2 Å². The molecule has 0 aliphatic heterocycles. The predicted octanol–water partition coefficient (Wildman–Crippen LogP) is -0.309. The lowest BCUT2D eigenvalue weighted by Crippen LogP contribution is -2.50. The van der Waals surface area contributed by atoms with E-state index in [1.807, 2.05) is 13.8 Å². The van der Waals surface area contributed by atoms with E-state index in [-0.39, 0.29) is 13.6 Å². The van der Waals surface area contributed by atoms with Gasteiger partial charge in [0.15, 0.2) is 13.5 Å². The summed E-state index contributed by atoms with van der Waals surface area (Å²) in [5.41, 5.74) is 0. The fraction of sp³-hybridized carbons (Fsp3) is 1.00. The number of nitrogens with zero attached hydrogens (tertiary/aromatic N) is 1. The van der Waals surface area contributed by atoms with E-state index in [9.17, 15) is 0 Å². The standard InChI is InChI=1S/C8H20NO4/c1-3-9(4-2,5-12-7-10)6-13-8-11/h10-11H,3-8H2,1-2H3/q+1. The van der Waals surface area contributed by atoms with Gasteiger partial charge < -0.3 is 19.7 Å². The third-order valence-electron chi connectivity index (χ3n) is 2.25. The fourth-order valence-corrected chi connectivity index (χ4v) is 1.09. The largest absolute Gasteiger partial charge is 0.370 e. The molecule has 0 radical (unpaired) electrons. The minimum atomic E-state index is -0.279. The Balaban J connectivity index is 3.97. The van der Waals surface area contributed by atoms with Crippen LogP contribution in [0, 0.1) is 0 Å². The zero-order valence-electron chi connectivity index (χ0n) is 8.40. The molecule has 0 heterocycles. The molecule has 0 saturated heterocycles. The molecular weight excluding hydrogens is 174 g/mol. The van der Waals surface area contributed by atoms with Crippen LogP contribution in [-0.2, 0) is 9.47 Å². The average molecular weight is 194 g/mol. The van der Waals surface area contributed by atoms with E-state index < -0.39 is 0 Å². The Kier molecular flexibility index (Phi) is 7.12. The molecular formula is C8H20NO4+. The predicted molar refractivity (Wildman–Crippen MR) is 47.4 cm³/mol. The maximum absolute atomic E-state index is 8.52. The van der Waals surface area contributed by atoms with Crippen LogP contribution in [0.5, 0.6) is 0 Å². The molecule has 0 aliphatic carbocycles. The number of hydrogen-bond donors (Lipinski definition) is 2. The fourth-order valence-electron chi connectivity index (χ4n) is 1.09. The number of aliphatic hydroxyl groups is 2. The quantitative estimate of drug-likeness (QED) is 0.411. The summed E-state index contributed by atoms with van der Waals surface area (Å²) in [5.74, 6) is 0. The molecule has 0 atom stereocenters. The molecule has 0 rings (SSSR count). The van der Waals surface area contributed by atoms with Crippen molar-refractivity contribution in [2.75, 3.05) is 40.1 Å². The molecule has 0 amide bonds. The van der Waals surface area contributed by atoms with Gasteiger partial charge in [0.2, 0.25) is 0 Å². The molecule has 0 aromatic carbocycles. The van der Waals surface area contributed by atoms with E-state index in [0.29, 0.717) is 17.9 Å². The molecule has 0 unspecified atom stereocenters. The van der Waals surface area contributed by atoms with Crippen LogP contribution in [0.3, 0.4) is 0 Å². The van der Waals surface area contributed by atoms with Crippen molar-refractivity contribution in [3.63, 3.8) is 0 Å². The molecule has 5 heteroatoms. The summed E-state index contributed by atoms with van der Waals surface area (Å²) in [6.07, 6.45) is 0. The number of ether oxygens (including phenoxy) is 2. The van der Waals surface area contributed by atoms with Gasteiger partial charge in [-0.2, -0.15) is 0 Å². The summed E-state index contributed by atoms with van der Waals surface area (Å²) in [5, 5.41) is 17.0. The highest BCUT2D eigenvalue weighted by Crippen LogP contribution is 2.06. The van der Waals surface area contributed by atoms with Gasteiger partial charge in [0.25, 0.3) is 0 Å². The lowest BCUT2D eigenvalue weighted by Gasteiger charge is -2.34. The molecule has 0 spiro atoms. The van der Waals surface area contributed by atoms with Gasteiger partial charge in [-0.1, -0.05) is 0 Å². The molecule has 0 aromatic heterocycles. The van der Waals surface area contributed by atoms with Crippen LogP contribution in [0.1, 0.15) is 13.8 Å². The van der Waals surface area contributed by atoms with Gasteiger partial charge in [0.05, 0.1) is 13.1 Å². The van der Waals surface area contributed by atoms with Gasteiger partial charge >= 0.3 is 0 Å². The van der Waals surface area contributed by atoms with Crippen LogP contribution in [0.2, 0.25) is 0 Å². The van der Waals surface area contributed by atoms with Gasteiger partial charge in [0, 0.05) is 0 Å². The second-order valence-electron chi connectivity index (χ2n) is 2.90. The van der Waals surface area contributed by atoms with Gasteiger partial charge in [-0.25, -0.2) is 0 Å². The van der Waals surface area contributed by atoms with Gasteiger partial charge in [-0.15, -0.1) is 0 Å². The van der Waals surface area contributed by atoms with Crippen molar-refractivity contribution in [2.45, 2.75) is 13.8 Å². The van der Waals surface area contributed by atoms with Crippen molar-refractivity contribution >= 4 is 0 Å². The normalized spacial score (nSPS) is 12.0. The summed E-state index contributed by atoms with van der Waals surface area (Å²) in [6.45, 7) is 5.98. The van der Waals surface area contributed by atoms with Crippen molar-refractivity contribution in [3.8, 4) is 0 Å². The summed E-state index contributed by atoms with van der Waals surface area (Å²) in [7, 11) is 0. The highest BCUT2D eigenvalue weighted by Gasteiger charge is 2.23. The number of aliphatic hydroxyl groups excluding tert-OH is 2. The first kappa shape index (κ1) is 12.8. The Labute approximate surface area is 79.1 Å². The summed E-state index contributed by atoms with van der Waals surface area (Å²) >= 11 is 0. The summed E-state index contributed by atoms with van der Waals surface area (Å²) in [4.78, 5) is 0. The van der Waals surface area contributed by atoms with Crippen molar-refractivity contribution in [2.24, 2.45) is 0 Å². The summed E-state index contributed by atoms with van der Waals surface area (Å²) < 4.78 is 10.5. The first-order valence-corrected chi connectivity index (χ1v) is 4.47. The third kappa shape index (κ3) is 4.54. The Morgan fingerprint density at radius 1 is 0.923 bits per heavy atom. The monoisotopic (exact) mass is 194 g/mol. The minimum absolute atomic E-state index is 0.279. The second-order valence-corrected chi connectivity index (χ2v) is 2.90. The highest BCUT2D eigenvalue weighted by atomic mass is 16.6. The smallest absolute Gasteiger partial charge is 0.187 e. The Hall–Kier alpha value is -0.200. The molecule has 5 nitrogen and oxygen atoms in total. The van der Waals surface area contributed by atoms with Crippen LogP contribution < -0.4 is 0 Å². The summed E-state index contributed by atoms with van der Waals surface area (Å²) in [6, 6.07) is 0. The molecule has 0 saturated carbocycles. The topological polar surface area (TPSA) is 58.9 Å². The first-order valence-electron chi connectivity index (χ1n) is 4.47. The third-order valence-corrected chi connectivity index (χ3v) is 2.25. The van der Waals surface area contributed by atoms with E-state index in [2.05, 4.69) is 0 Å². The van der Waals surface area contributed by atoms with Crippen LogP contribution >= 0.6 is 0 Å². The minimum Gasteiger partial charge on any atom is -0.370 e. The zero-order valence-corrected chi connectivity index (χ0v) is 8.40. The van der Waals surface area contributed by atoms with E-state index in [4.69, 9.17) is 19.7 Å². The molecule has 0 bridgehead atoms. The first-order chi connectivity index (χ1) is 6.24. The maximum Gasteiger partial charge on any atom is 0.187 e. The Bertz CT molecular complexity index is 107. The Morgan fingerprint density at radius 2 is 1.31 bits per heavy atom. The van der Waals surface area contributed by atoms with E-state index in [1.54, 1.807) is 0 Å². The van der Waals surface area contributed by atoms with Crippen LogP contribution in [0.4, 0.5) is 0 Å². The van der Waals surface area contributed by atoms with Crippen LogP contribution in [-0.4, -0.2) is 54.8 Å². The van der Waals surface area contributed by atoms with Crippen molar-refractivity contribution in [1.82, 2.24) is 0 Å². The van der Waals surface area contributed by atoms with E-state index >= 15 is 0 Å². The lowest BCUT2D eigenvalue weighted by molar-refractivity contribution is -0.960. The van der Waals surface area contributed by atoms with Crippen LogP contribution in [0.15, 0.2) is 0 Å². The number of rotatable bonds is 8. The molecule has 2 N–H and O–H groups in total. The lowest BCUT2D eigenvalue weighted by atomic mass is 10.4. The molecule has 80 valence electrons. The molecule has 0 aromatic rings. The molecule has 0 fully saturated rings. The van der Waals surface area contributed by atoms with Crippen LogP contribution in [0.25, 0.3) is 0 Å². The zero-order chi connectivity index (χ0) is 10.2. The van der Waals surface area contributed by atoms with Gasteiger partial charge in [0.1, 0.15) is 13.6 Å². The van der Waals surface area contributed by atoms with Gasteiger partial charge in [-0.05, 0) is 13.8 Å². The SMILES string of the molecule is CC[N+](CC)(COCO)COCO. The molecule has 13 heavy (non-hydrogen) atoms. The van der Waals surface area contributed by atoms with Crippen molar-refractivity contribution in [1.29, 1.82) is 0 Å². The van der Waals surface area contributed by atoms with Crippen molar-refractivity contribution in [3.05, 3.63) is 0 Å². The average Bonchev–Trinajstić information content (AvgIpc) is 2.20. The number of hydrogen-bond acceptors (Lipinski definition) is 4. The number of quaternary nitrogens is 1. The highest BCUT2D eigenvalue weighted by molar-refractivity contribution is 4.26. The van der Waals surface area contributed by atoms with Gasteiger partial charge in [-0.3, -0.25) is 4.48 Å². The van der Waals surface area contributed by atoms with E-state index in [0.717, 1.165) is 13.1 Å². The Morgan fingerprint density at radius 3 is 1.54 bits per heavy atom. The second kappa shape index (κ2) is 7.23. The van der Waals surface area contributed by atoms with E-state index in [1.165, 1.54) is 0 Å².